The third kappa shape index (κ3) is 5.21. The number of halogens is 3. The van der Waals surface area contributed by atoms with E-state index in [0.29, 0.717) is 22.1 Å². The van der Waals surface area contributed by atoms with Crippen LogP contribution in [0, 0.1) is 26.4 Å². The summed E-state index contributed by atoms with van der Waals surface area (Å²) in [4.78, 5) is 22.1. The first-order chi connectivity index (χ1) is 14.7. The summed E-state index contributed by atoms with van der Waals surface area (Å²) in [5.41, 5.74) is 2.42. The van der Waals surface area contributed by atoms with Crippen molar-refractivity contribution in [2.75, 3.05) is 10.6 Å². The van der Waals surface area contributed by atoms with E-state index in [1.807, 2.05) is 19.1 Å². The minimum absolute atomic E-state index is 0.371. The first-order valence-corrected chi connectivity index (χ1v) is 10.2. The molecule has 8 nitrogen and oxygen atoms in total. The summed E-state index contributed by atoms with van der Waals surface area (Å²) in [7, 11) is 0. The smallest absolute Gasteiger partial charge is 0.296 e. The largest absolute Gasteiger partial charge is 0.354 e. The molecule has 0 aliphatic rings. The third-order valence-corrected chi connectivity index (χ3v) is 5.32. The summed E-state index contributed by atoms with van der Waals surface area (Å²) in [5.74, 6) is -2.09. The van der Waals surface area contributed by atoms with Crippen molar-refractivity contribution in [3.63, 3.8) is 0 Å². The van der Waals surface area contributed by atoms with Gasteiger partial charge in [0.1, 0.15) is 0 Å². The minimum atomic E-state index is -1.07. The number of benzene rings is 3. The fourth-order valence-electron chi connectivity index (χ4n) is 2.77. The summed E-state index contributed by atoms with van der Waals surface area (Å²) in [6.07, 6.45) is 0. The van der Waals surface area contributed by atoms with Gasteiger partial charge in [-0.25, -0.2) is 9.87 Å². The van der Waals surface area contributed by atoms with E-state index >= 15 is 0 Å². The molecule has 0 spiro atoms. The number of nitro groups is 1. The van der Waals surface area contributed by atoms with Crippen LogP contribution in [-0.2, 0) is 0 Å². The van der Waals surface area contributed by atoms with Gasteiger partial charge in [0.2, 0.25) is 0 Å². The molecule has 0 atom stereocenters. The lowest BCUT2D eigenvalue weighted by Gasteiger charge is -2.15. The number of hydrogen-bond donors (Lipinski definition) is 4. The van der Waals surface area contributed by atoms with Crippen LogP contribution in [-0.4, -0.2) is 16.0 Å². The summed E-state index contributed by atoms with van der Waals surface area (Å²) in [6.45, 7) is 1.86. The van der Waals surface area contributed by atoms with E-state index in [-0.39, 0.29) is 0 Å². The Bertz CT molecular complexity index is 1190. The van der Waals surface area contributed by atoms with Crippen LogP contribution in [0.1, 0.15) is 15.9 Å². The maximum Gasteiger partial charge on any atom is 0.296 e. The van der Waals surface area contributed by atoms with Crippen LogP contribution < -0.4 is 16.1 Å². The SMILES string of the molecule is Cc1ccc(Nc2c(F)cc(C(=O)NO)cc2[N+](=O)[O-])cc1Nc1ccc(I)cc1Cl. The highest BCUT2D eigenvalue weighted by Crippen LogP contribution is 2.34. The average molecular weight is 557 g/mol. The van der Waals surface area contributed by atoms with Crippen molar-refractivity contribution in [1.82, 2.24) is 5.48 Å². The summed E-state index contributed by atoms with van der Waals surface area (Å²) in [6, 6.07) is 12.2. The molecule has 1 amide bonds. The van der Waals surface area contributed by atoms with Gasteiger partial charge in [0.15, 0.2) is 11.5 Å². The van der Waals surface area contributed by atoms with Crippen molar-refractivity contribution in [2.24, 2.45) is 0 Å². The molecule has 11 heteroatoms. The summed E-state index contributed by atoms with van der Waals surface area (Å²) in [5, 5.41) is 26.5. The van der Waals surface area contributed by atoms with E-state index in [1.165, 1.54) is 5.48 Å². The number of amides is 1. The zero-order valence-electron chi connectivity index (χ0n) is 15.9. The topological polar surface area (TPSA) is 117 Å². The first-order valence-electron chi connectivity index (χ1n) is 8.71. The Morgan fingerprint density at radius 1 is 1.13 bits per heavy atom. The van der Waals surface area contributed by atoms with Crippen LogP contribution >= 0.6 is 34.2 Å². The number of nitrogens with zero attached hydrogens (tertiary/aromatic N) is 1. The number of nitrogens with one attached hydrogen (secondary N) is 3. The fraction of sp³-hybridized carbons (Fsp3) is 0.0500. The Labute approximate surface area is 194 Å². The van der Waals surface area contributed by atoms with Crippen LogP contribution in [0.5, 0.6) is 0 Å². The van der Waals surface area contributed by atoms with Gasteiger partial charge in [-0.1, -0.05) is 17.7 Å². The Morgan fingerprint density at radius 3 is 2.52 bits per heavy atom. The number of hydrogen-bond acceptors (Lipinski definition) is 6. The number of carbonyl (C=O) groups excluding carboxylic acids is 1. The van der Waals surface area contributed by atoms with Crippen molar-refractivity contribution in [3.05, 3.63) is 84.2 Å². The van der Waals surface area contributed by atoms with Gasteiger partial charge in [0, 0.05) is 21.0 Å². The molecule has 0 aliphatic heterocycles. The maximum atomic E-state index is 14.6. The summed E-state index contributed by atoms with van der Waals surface area (Å²) >= 11 is 8.42. The Kier molecular flexibility index (Phi) is 6.93. The molecule has 160 valence electrons. The molecule has 0 saturated carbocycles. The number of rotatable bonds is 6. The van der Waals surface area contributed by atoms with Gasteiger partial charge in [-0.2, -0.15) is 0 Å². The highest BCUT2D eigenvalue weighted by atomic mass is 127. The van der Waals surface area contributed by atoms with E-state index in [4.69, 9.17) is 16.8 Å². The van der Waals surface area contributed by atoms with Gasteiger partial charge < -0.3 is 10.6 Å². The Balaban J connectivity index is 1.97. The number of anilines is 4. The molecule has 0 saturated heterocycles. The Morgan fingerprint density at radius 2 is 1.87 bits per heavy atom. The van der Waals surface area contributed by atoms with Gasteiger partial charge >= 0.3 is 0 Å². The van der Waals surface area contributed by atoms with Crippen LogP contribution in [0.4, 0.5) is 32.8 Å². The van der Waals surface area contributed by atoms with E-state index in [0.717, 1.165) is 21.3 Å². The molecule has 4 N–H and O–H groups in total. The zero-order valence-corrected chi connectivity index (χ0v) is 18.8. The lowest BCUT2D eigenvalue weighted by Crippen LogP contribution is -2.19. The molecular formula is C20H15ClFIN4O4. The molecule has 3 rings (SSSR count). The van der Waals surface area contributed by atoms with E-state index in [2.05, 4.69) is 33.2 Å². The molecule has 0 unspecified atom stereocenters. The van der Waals surface area contributed by atoms with E-state index < -0.39 is 33.6 Å². The first kappa shape index (κ1) is 22.7. The third-order valence-electron chi connectivity index (χ3n) is 4.34. The lowest BCUT2D eigenvalue weighted by atomic mass is 10.1. The van der Waals surface area contributed by atoms with Gasteiger partial charge in [0.25, 0.3) is 11.6 Å². The molecule has 0 aliphatic carbocycles. The van der Waals surface area contributed by atoms with Crippen molar-refractivity contribution >= 4 is 68.5 Å². The minimum Gasteiger partial charge on any atom is -0.354 e. The van der Waals surface area contributed by atoms with E-state index in [9.17, 15) is 19.3 Å². The van der Waals surface area contributed by atoms with Crippen molar-refractivity contribution < 1.29 is 19.3 Å². The second-order valence-corrected chi connectivity index (χ2v) is 8.11. The predicted octanol–water partition coefficient (Wildman–Crippen LogP) is 5.91. The highest BCUT2D eigenvalue weighted by molar-refractivity contribution is 14.1. The number of aryl methyl sites for hydroxylation is 1. The van der Waals surface area contributed by atoms with Crippen LogP contribution in [0.3, 0.4) is 0 Å². The molecular weight excluding hydrogens is 542 g/mol. The molecule has 31 heavy (non-hydrogen) atoms. The van der Waals surface area contributed by atoms with Crippen LogP contribution in [0.15, 0.2) is 48.5 Å². The van der Waals surface area contributed by atoms with Crippen LogP contribution in [0.2, 0.25) is 5.02 Å². The average Bonchev–Trinajstić information content (AvgIpc) is 2.72. The fourth-order valence-corrected chi connectivity index (χ4v) is 3.67. The van der Waals surface area contributed by atoms with Gasteiger partial charge in [-0.15, -0.1) is 0 Å². The second-order valence-electron chi connectivity index (χ2n) is 6.45. The normalized spacial score (nSPS) is 10.5. The van der Waals surface area contributed by atoms with Crippen molar-refractivity contribution in [1.29, 1.82) is 0 Å². The van der Waals surface area contributed by atoms with Gasteiger partial charge in [-0.3, -0.25) is 20.1 Å². The molecule has 0 heterocycles. The standard InChI is InChI=1S/C20H15ClFIN4O4/c1-10-2-4-13(9-17(10)25-16-5-3-12(23)8-14(16)21)24-19-15(22)6-11(20(28)26-29)7-18(19)27(30)31/h2-9,24-25,29H,1H3,(H,26,28). The quantitative estimate of drug-likeness (QED) is 0.130. The Hall–Kier alpha value is -2.96. The van der Waals surface area contributed by atoms with Gasteiger partial charge in [-0.05, 0) is 71.5 Å². The predicted molar refractivity (Wildman–Crippen MR) is 124 cm³/mol. The monoisotopic (exact) mass is 556 g/mol. The number of carbonyl (C=O) groups is 1. The molecule has 0 aromatic heterocycles. The molecule has 0 bridgehead atoms. The maximum absolute atomic E-state index is 14.6. The molecule has 3 aromatic rings. The van der Waals surface area contributed by atoms with Crippen molar-refractivity contribution in [2.45, 2.75) is 6.92 Å². The lowest BCUT2D eigenvalue weighted by molar-refractivity contribution is -0.384. The zero-order chi connectivity index (χ0) is 22.7. The molecule has 3 aromatic carbocycles. The second kappa shape index (κ2) is 9.45. The number of nitro benzene ring substituents is 1. The summed E-state index contributed by atoms with van der Waals surface area (Å²) < 4.78 is 15.6. The van der Waals surface area contributed by atoms with E-state index in [1.54, 1.807) is 24.3 Å². The van der Waals surface area contributed by atoms with Gasteiger partial charge in [0.05, 0.1) is 21.2 Å². The molecule has 0 radical (unpaired) electrons. The number of hydroxylamine groups is 1. The molecule has 0 fully saturated rings. The van der Waals surface area contributed by atoms with Crippen LogP contribution in [0.25, 0.3) is 0 Å². The highest BCUT2D eigenvalue weighted by Gasteiger charge is 2.23. The van der Waals surface area contributed by atoms with Crippen molar-refractivity contribution in [3.8, 4) is 0 Å².